The number of nitrogen functional groups attached to an aromatic ring is 1. The van der Waals surface area contributed by atoms with Crippen LogP contribution >= 0.6 is 0 Å². The molecule has 0 saturated carbocycles. The number of amides is 2. The molecule has 0 saturated heterocycles. The Labute approximate surface area is 142 Å². The number of nitrogens with zero attached hydrogens (tertiary/aromatic N) is 2. The van der Waals surface area contributed by atoms with Crippen molar-refractivity contribution in [1.82, 2.24) is 15.6 Å². The van der Waals surface area contributed by atoms with E-state index in [0.717, 1.165) is 18.5 Å². The van der Waals surface area contributed by atoms with E-state index in [1.54, 1.807) is 12.3 Å². The van der Waals surface area contributed by atoms with Gasteiger partial charge in [0.05, 0.1) is 0 Å². The number of hydrogen-bond donors (Lipinski definition) is 3. The topological polar surface area (TPSA) is 83.3 Å². The zero-order valence-electron chi connectivity index (χ0n) is 13.8. The lowest BCUT2D eigenvalue weighted by atomic mass is 10.2. The summed E-state index contributed by atoms with van der Waals surface area (Å²) in [4.78, 5) is 18.3. The molecule has 2 amide bonds. The molecule has 1 aromatic heterocycles. The van der Waals surface area contributed by atoms with Gasteiger partial charge in [-0.15, -0.1) is 0 Å². The van der Waals surface area contributed by atoms with Crippen LogP contribution in [0.15, 0.2) is 42.6 Å². The Hall–Kier alpha value is -2.76. The fourth-order valence-corrected chi connectivity index (χ4v) is 2.96. The van der Waals surface area contributed by atoms with E-state index in [4.69, 9.17) is 5.73 Å². The maximum atomic E-state index is 12.0. The number of fused-ring (bicyclic) bond motifs is 1. The van der Waals surface area contributed by atoms with Gasteiger partial charge in [-0.25, -0.2) is 9.78 Å². The van der Waals surface area contributed by atoms with Gasteiger partial charge < -0.3 is 21.3 Å². The number of anilines is 2. The molecule has 6 nitrogen and oxygen atoms in total. The van der Waals surface area contributed by atoms with E-state index in [1.807, 2.05) is 6.07 Å². The number of hydrogen-bond acceptors (Lipinski definition) is 4. The fourth-order valence-electron chi connectivity index (χ4n) is 2.96. The van der Waals surface area contributed by atoms with Crippen molar-refractivity contribution in [1.29, 1.82) is 0 Å². The van der Waals surface area contributed by atoms with Crippen LogP contribution in [0.25, 0.3) is 0 Å². The van der Waals surface area contributed by atoms with Crippen LogP contribution in [0.3, 0.4) is 0 Å². The third-order valence-corrected chi connectivity index (χ3v) is 4.31. The summed E-state index contributed by atoms with van der Waals surface area (Å²) >= 11 is 0. The van der Waals surface area contributed by atoms with Crippen molar-refractivity contribution in [2.24, 2.45) is 0 Å². The Kier molecular flexibility index (Phi) is 4.84. The molecule has 3 rings (SSSR count). The van der Waals surface area contributed by atoms with Gasteiger partial charge in [-0.1, -0.05) is 24.3 Å². The highest BCUT2D eigenvalue weighted by molar-refractivity contribution is 5.74. The number of nitrogens with one attached hydrogen (secondary N) is 2. The molecule has 1 unspecified atom stereocenters. The van der Waals surface area contributed by atoms with Crippen molar-refractivity contribution >= 4 is 17.5 Å². The molecule has 24 heavy (non-hydrogen) atoms. The number of carbonyl (C=O) groups excluding carboxylic acids is 1. The molecule has 6 heteroatoms. The normalized spacial score (nSPS) is 14.1. The molecule has 1 atom stereocenters. The zero-order chi connectivity index (χ0) is 16.9. The molecule has 0 aliphatic carbocycles. The molecule has 4 N–H and O–H groups in total. The van der Waals surface area contributed by atoms with E-state index in [2.05, 4.69) is 51.7 Å². The highest BCUT2D eigenvalue weighted by atomic mass is 16.2. The number of benzene rings is 1. The first-order chi connectivity index (χ1) is 11.6. The summed E-state index contributed by atoms with van der Waals surface area (Å²) in [5.41, 5.74) is 9.12. The Morgan fingerprint density at radius 2 is 2.12 bits per heavy atom. The van der Waals surface area contributed by atoms with Crippen LogP contribution in [-0.4, -0.2) is 30.1 Å². The minimum absolute atomic E-state index is 0.175. The van der Waals surface area contributed by atoms with Gasteiger partial charge in [0.15, 0.2) is 0 Å². The number of urea groups is 1. The maximum absolute atomic E-state index is 12.0. The highest BCUT2D eigenvalue weighted by Gasteiger charge is 2.22. The molecule has 0 spiro atoms. The number of aromatic nitrogens is 1. The van der Waals surface area contributed by atoms with Gasteiger partial charge in [0.25, 0.3) is 0 Å². The summed E-state index contributed by atoms with van der Waals surface area (Å²) in [6.07, 6.45) is 2.73. The van der Waals surface area contributed by atoms with Crippen LogP contribution in [0.4, 0.5) is 16.3 Å². The van der Waals surface area contributed by atoms with E-state index >= 15 is 0 Å². The Balaban J connectivity index is 1.45. The van der Waals surface area contributed by atoms with Crippen LogP contribution in [0.1, 0.15) is 18.1 Å². The quantitative estimate of drug-likeness (QED) is 0.784. The number of pyridine rings is 1. The summed E-state index contributed by atoms with van der Waals surface area (Å²) in [5, 5.41) is 5.77. The van der Waals surface area contributed by atoms with Gasteiger partial charge in [-0.05, 0) is 36.6 Å². The van der Waals surface area contributed by atoms with Gasteiger partial charge in [-0.3, -0.25) is 0 Å². The second-order valence-corrected chi connectivity index (χ2v) is 6.08. The predicted octanol–water partition coefficient (Wildman–Crippen LogP) is 1.91. The lowest BCUT2D eigenvalue weighted by Crippen LogP contribution is -2.44. The molecule has 1 aliphatic rings. The van der Waals surface area contributed by atoms with Crippen molar-refractivity contribution in [3.8, 4) is 0 Å². The first-order valence-electron chi connectivity index (χ1n) is 8.20. The van der Waals surface area contributed by atoms with Crippen molar-refractivity contribution in [2.45, 2.75) is 25.9 Å². The molecule has 0 radical (unpaired) electrons. The summed E-state index contributed by atoms with van der Waals surface area (Å²) < 4.78 is 0. The lowest BCUT2D eigenvalue weighted by molar-refractivity contribution is 0.240. The van der Waals surface area contributed by atoms with Crippen molar-refractivity contribution in [2.75, 3.05) is 23.7 Å². The molecule has 126 valence electrons. The minimum atomic E-state index is -0.175. The number of rotatable bonds is 5. The predicted molar refractivity (Wildman–Crippen MR) is 95.8 cm³/mol. The number of para-hydroxylation sites is 1. The van der Waals surface area contributed by atoms with Gasteiger partial charge in [0, 0.05) is 37.6 Å². The molecular formula is C18H23N5O. The number of nitrogens with two attached hydrogens (primary N) is 1. The summed E-state index contributed by atoms with van der Waals surface area (Å²) in [6, 6.07) is 12.1. The Bertz CT molecular complexity index is 701. The molecule has 2 heterocycles. The van der Waals surface area contributed by atoms with E-state index < -0.39 is 0 Å². The maximum Gasteiger partial charge on any atom is 0.315 e. The molecular weight excluding hydrogens is 302 g/mol. The van der Waals surface area contributed by atoms with Gasteiger partial charge in [-0.2, -0.15) is 0 Å². The Morgan fingerprint density at radius 1 is 1.29 bits per heavy atom. The highest BCUT2D eigenvalue weighted by Crippen LogP contribution is 2.28. The van der Waals surface area contributed by atoms with Crippen LogP contribution in [0.5, 0.6) is 0 Å². The average molecular weight is 325 g/mol. The number of carbonyl (C=O) groups is 1. The third kappa shape index (κ3) is 3.76. The smallest absolute Gasteiger partial charge is 0.315 e. The first kappa shape index (κ1) is 16.1. The van der Waals surface area contributed by atoms with Crippen molar-refractivity contribution < 1.29 is 4.79 Å². The van der Waals surface area contributed by atoms with E-state index in [1.165, 1.54) is 11.3 Å². The van der Waals surface area contributed by atoms with Gasteiger partial charge in [0.2, 0.25) is 0 Å². The van der Waals surface area contributed by atoms with E-state index in [0.29, 0.717) is 18.9 Å². The average Bonchev–Trinajstić information content (AvgIpc) is 3.03. The van der Waals surface area contributed by atoms with Crippen LogP contribution < -0.4 is 21.3 Å². The SMILES string of the molecule is CC(CNC(=O)NCc1ccc(N)nc1)N1CCc2ccccc21. The van der Waals surface area contributed by atoms with Crippen molar-refractivity contribution in [3.63, 3.8) is 0 Å². The summed E-state index contributed by atoms with van der Waals surface area (Å²) in [6.45, 7) is 4.16. The first-order valence-corrected chi connectivity index (χ1v) is 8.20. The van der Waals surface area contributed by atoms with Crippen LogP contribution in [-0.2, 0) is 13.0 Å². The van der Waals surface area contributed by atoms with Crippen LogP contribution in [0.2, 0.25) is 0 Å². The minimum Gasteiger partial charge on any atom is -0.384 e. The van der Waals surface area contributed by atoms with E-state index in [-0.39, 0.29) is 12.1 Å². The van der Waals surface area contributed by atoms with Gasteiger partial charge >= 0.3 is 6.03 Å². The largest absolute Gasteiger partial charge is 0.384 e. The second kappa shape index (κ2) is 7.21. The van der Waals surface area contributed by atoms with Crippen molar-refractivity contribution in [3.05, 3.63) is 53.7 Å². The van der Waals surface area contributed by atoms with Crippen LogP contribution in [0, 0.1) is 0 Å². The fraction of sp³-hybridized carbons (Fsp3) is 0.333. The van der Waals surface area contributed by atoms with E-state index in [9.17, 15) is 4.79 Å². The molecule has 1 aromatic carbocycles. The standard InChI is InChI=1S/C18H23N5O/c1-13(23-9-8-15-4-2-3-5-16(15)23)10-21-18(24)22-12-14-6-7-17(19)20-11-14/h2-7,11,13H,8-10,12H2,1H3,(H2,19,20)(H2,21,22,24). The monoisotopic (exact) mass is 325 g/mol. The third-order valence-electron chi connectivity index (χ3n) is 4.31. The molecule has 2 aromatic rings. The molecule has 0 fully saturated rings. The zero-order valence-corrected chi connectivity index (χ0v) is 13.8. The molecule has 1 aliphatic heterocycles. The molecule has 0 bridgehead atoms. The van der Waals surface area contributed by atoms with Gasteiger partial charge in [0.1, 0.15) is 5.82 Å². The summed E-state index contributed by atoms with van der Waals surface area (Å²) in [7, 11) is 0. The summed E-state index contributed by atoms with van der Waals surface area (Å²) in [5.74, 6) is 0.475. The second-order valence-electron chi connectivity index (χ2n) is 6.08. The lowest BCUT2D eigenvalue weighted by Gasteiger charge is -2.27. The Morgan fingerprint density at radius 3 is 2.92 bits per heavy atom.